The van der Waals surface area contributed by atoms with E-state index in [2.05, 4.69) is 0 Å². The molecule has 62 valence electrons. The quantitative estimate of drug-likeness (QED) is 0.731. The third-order valence-electron chi connectivity index (χ3n) is 1.76. The minimum atomic E-state index is 0.299. The second-order valence-electron chi connectivity index (χ2n) is 2.45. The summed E-state index contributed by atoms with van der Waals surface area (Å²) in [5.41, 5.74) is 0. The molecule has 0 saturated heterocycles. The second kappa shape index (κ2) is 2.68. The van der Waals surface area contributed by atoms with Gasteiger partial charge in [0.1, 0.15) is 11.5 Å². The molecule has 1 N–H and O–H groups in total. The van der Waals surface area contributed by atoms with Crippen molar-refractivity contribution < 1.29 is 9.84 Å². The summed E-state index contributed by atoms with van der Waals surface area (Å²) in [7, 11) is 1.60. The Hall–Kier alpha value is -1.22. The summed E-state index contributed by atoms with van der Waals surface area (Å²) in [4.78, 5) is 0. The van der Waals surface area contributed by atoms with E-state index >= 15 is 0 Å². The van der Waals surface area contributed by atoms with Crippen LogP contribution in [0.4, 0.5) is 0 Å². The number of fused-ring (bicyclic) bond motifs is 1. The van der Waals surface area contributed by atoms with Crippen LogP contribution in [0.15, 0.2) is 23.6 Å². The summed E-state index contributed by atoms with van der Waals surface area (Å²) in [5, 5.41) is 12.0. The van der Waals surface area contributed by atoms with Gasteiger partial charge in [-0.15, -0.1) is 11.3 Å². The molecule has 0 amide bonds. The lowest BCUT2D eigenvalue weighted by Gasteiger charge is -2.00. The molecule has 0 aliphatic rings. The molecule has 0 unspecified atom stereocenters. The normalized spacial score (nSPS) is 10.4. The maximum absolute atomic E-state index is 9.45. The topological polar surface area (TPSA) is 29.5 Å². The van der Waals surface area contributed by atoms with E-state index in [0.717, 1.165) is 15.8 Å². The van der Waals surface area contributed by atoms with Crippen LogP contribution in [0.1, 0.15) is 0 Å². The predicted molar refractivity (Wildman–Crippen MR) is 50.0 cm³/mol. The van der Waals surface area contributed by atoms with E-state index < -0.39 is 0 Å². The van der Waals surface area contributed by atoms with Gasteiger partial charge in [-0.1, -0.05) is 6.07 Å². The van der Waals surface area contributed by atoms with E-state index in [1.807, 2.05) is 18.2 Å². The van der Waals surface area contributed by atoms with Crippen LogP contribution in [0.5, 0.6) is 11.5 Å². The Morgan fingerprint density at radius 3 is 3.00 bits per heavy atom. The number of rotatable bonds is 1. The molecule has 0 aliphatic heterocycles. The second-order valence-corrected chi connectivity index (χ2v) is 3.37. The molecule has 0 bridgehead atoms. The van der Waals surface area contributed by atoms with Crippen molar-refractivity contribution in [2.75, 3.05) is 7.11 Å². The standard InChI is InChI=1S/C9H8O2S/c1-11-7-3-2-4-8-9(7)6(10)5-12-8/h2-5,10H,1H3. The van der Waals surface area contributed by atoms with Gasteiger partial charge in [-0.2, -0.15) is 0 Å². The van der Waals surface area contributed by atoms with Crippen LogP contribution in [0.2, 0.25) is 0 Å². The van der Waals surface area contributed by atoms with E-state index in [-0.39, 0.29) is 0 Å². The molecule has 1 aromatic heterocycles. The van der Waals surface area contributed by atoms with Gasteiger partial charge in [0.2, 0.25) is 0 Å². The zero-order valence-electron chi connectivity index (χ0n) is 6.57. The summed E-state index contributed by atoms with van der Waals surface area (Å²) >= 11 is 1.51. The summed E-state index contributed by atoms with van der Waals surface area (Å²) in [5.74, 6) is 1.03. The number of aromatic hydroxyl groups is 1. The largest absolute Gasteiger partial charge is 0.506 e. The molecule has 0 saturated carbocycles. The Kier molecular flexibility index (Phi) is 1.66. The van der Waals surface area contributed by atoms with Crippen LogP contribution in [0, 0.1) is 0 Å². The van der Waals surface area contributed by atoms with Crippen LogP contribution >= 0.6 is 11.3 Å². The van der Waals surface area contributed by atoms with E-state index in [4.69, 9.17) is 4.74 Å². The molecule has 0 fully saturated rings. The van der Waals surface area contributed by atoms with Crippen LogP contribution in [-0.4, -0.2) is 12.2 Å². The van der Waals surface area contributed by atoms with E-state index in [9.17, 15) is 5.11 Å². The zero-order chi connectivity index (χ0) is 8.55. The molecule has 1 heterocycles. The van der Waals surface area contributed by atoms with E-state index in [1.54, 1.807) is 12.5 Å². The van der Waals surface area contributed by atoms with E-state index in [0.29, 0.717) is 5.75 Å². The Bertz CT molecular complexity index is 406. The molecule has 2 nitrogen and oxygen atoms in total. The van der Waals surface area contributed by atoms with Crippen molar-refractivity contribution in [3.63, 3.8) is 0 Å². The van der Waals surface area contributed by atoms with Gasteiger partial charge in [0.05, 0.1) is 12.5 Å². The lowest BCUT2D eigenvalue weighted by molar-refractivity contribution is 0.416. The minimum Gasteiger partial charge on any atom is -0.506 e. The summed E-state index contributed by atoms with van der Waals surface area (Å²) in [6, 6.07) is 5.72. The maximum Gasteiger partial charge on any atom is 0.137 e. The molecule has 0 spiro atoms. The van der Waals surface area contributed by atoms with Crippen LogP contribution < -0.4 is 4.74 Å². The summed E-state index contributed by atoms with van der Waals surface area (Å²) in [6.45, 7) is 0. The summed E-state index contributed by atoms with van der Waals surface area (Å²) < 4.78 is 6.16. The first-order valence-corrected chi connectivity index (χ1v) is 4.44. The number of benzene rings is 1. The first-order valence-electron chi connectivity index (χ1n) is 3.56. The molecule has 2 aromatic rings. The highest BCUT2D eigenvalue weighted by molar-refractivity contribution is 7.17. The third-order valence-corrected chi connectivity index (χ3v) is 2.70. The number of methoxy groups -OCH3 is 1. The van der Waals surface area contributed by atoms with Gasteiger partial charge < -0.3 is 9.84 Å². The zero-order valence-corrected chi connectivity index (χ0v) is 7.39. The molecule has 2 rings (SSSR count). The number of hydrogen-bond acceptors (Lipinski definition) is 3. The van der Waals surface area contributed by atoms with Gasteiger partial charge in [0.25, 0.3) is 0 Å². The molecule has 1 aromatic carbocycles. The van der Waals surface area contributed by atoms with Gasteiger partial charge in [-0.3, -0.25) is 0 Å². The highest BCUT2D eigenvalue weighted by Crippen LogP contribution is 2.37. The van der Waals surface area contributed by atoms with Crippen LogP contribution in [0.25, 0.3) is 10.1 Å². The van der Waals surface area contributed by atoms with Gasteiger partial charge in [-0.25, -0.2) is 0 Å². The smallest absolute Gasteiger partial charge is 0.137 e. The van der Waals surface area contributed by atoms with Crippen molar-refractivity contribution in [1.82, 2.24) is 0 Å². The van der Waals surface area contributed by atoms with Gasteiger partial charge in [0, 0.05) is 10.1 Å². The average molecular weight is 180 g/mol. The lowest BCUT2D eigenvalue weighted by atomic mass is 10.2. The number of ether oxygens (including phenoxy) is 1. The van der Waals surface area contributed by atoms with Crippen molar-refractivity contribution in [3.8, 4) is 11.5 Å². The van der Waals surface area contributed by atoms with Crippen molar-refractivity contribution in [1.29, 1.82) is 0 Å². The van der Waals surface area contributed by atoms with Crippen LogP contribution in [0.3, 0.4) is 0 Å². The highest BCUT2D eigenvalue weighted by Gasteiger charge is 2.06. The van der Waals surface area contributed by atoms with Gasteiger partial charge in [0.15, 0.2) is 0 Å². The molecule has 0 aliphatic carbocycles. The van der Waals surface area contributed by atoms with Gasteiger partial charge in [-0.05, 0) is 12.1 Å². The third kappa shape index (κ3) is 0.940. The van der Waals surface area contributed by atoms with Crippen molar-refractivity contribution in [2.45, 2.75) is 0 Å². The van der Waals surface area contributed by atoms with Crippen molar-refractivity contribution in [2.24, 2.45) is 0 Å². The Labute approximate surface area is 74.0 Å². The fourth-order valence-electron chi connectivity index (χ4n) is 1.21. The Morgan fingerprint density at radius 2 is 2.25 bits per heavy atom. The number of thiophene rings is 1. The molecule has 12 heavy (non-hydrogen) atoms. The van der Waals surface area contributed by atoms with Crippen LogP contribution in [-0.2, 0) is 0 Å². The monoisotopic (exact) mass is 180 g/mol. The minimum absolute atomic E-state index is 0.299. The molecule has 0 radical (unpaired) electrons. The lowest BCUT2D eigenvalue weighted by Crippen LogP contribution is -1.81. The van der Waals surface area contributed by atoms with Crippen molar-refractivity contribution in [3.05, 3.63) is 23.6 Å². The molecular weight excluding hydrogens is 172 g/mol. The fraction of sp³-hybridized carbons (Fsp3) is 0.111. The predicted octanol–water partition coefficient (Wildman–Crippen LogP) is 2.62. The van der Waals surface area contributed by atoms with Crippen molar-refractivity contribution >= 4 is 21.4 Å². The Morgan fingerprint density at radius 1 is 1.42 bits per heavy atom. The summed E-state index contributed by atoms with van der Waals surface area (Å²) in [6.07, 6.45) is 0. The SMILES string of the molecule is COc1cccc2scc(O)c12. The Balaban J connectivity index is 2.84. The molecule has 0 atom stereocenters. The first kappa shape index (κ1) is 7.43. The first-order chi connectivity index (χ1) is 5.83. The van der Waals surface area contributed by atoms with E-state index in [1.165, 1.54) is 11.3 Å². The maximum atomic E-state index is 9.45. The highest BCUT2D eigenvalue weighted by atomic mass is 32.1. The van der Waals surface area contributed by atoms with Gasteiger partial charge >= 0.3 is 0 Å². The molecular formula is C9H8O2S. The average Bonchev–Trinajstić information content (AvgIpc) is 2.48. The number of hydrogen-bond donors (Lipinski definition) is 1. The fourth-order valence-corrected chi connectivity index (χ4v) is 2.05. The molecule has 3 heteroatoms.